The van der Waals surface area contributed by atoms with E-state index in [0.717, 1.165) is 39.4 Å². The van der Waals surface area contributed by atoms with Crippen molar-refractivity contribution in [1.82, 2.24) is 49.9 Å². The van der Waals surface area contributed by atoms with Gasteiger partial charge in [-0.05, 0) is 60.2 Å². The highest BCUT2D eigenvalue weighted by Gasteiger charge is 2.14. The van der Waals surface area contributed by atoms with Crippen LogP contribution in [0.1, 0.15) is 22.5 Å². The highest BCUT2D eigenvalue weighted by molar-refractivity contribution is 5.76. The number of nitrogens with zero attached hydrogens (tertiary/aromatic N) is 10. The van der Waals surface area contributed by atoms with Gasteiger partial charge in [-0.15, -0.1) is 10.2 Å². The number of rotatable bonds is 15. The molecule has 0 radical (unpaired) electrons. The Kier molecular flexibility index (Phi) is 10.1. The fraction of sp³-hybridized carbons (Fsp3) is 0.100. The Hall–Kier alpha value is -7.48. The zero-order valence-electron chi connectivity index (χ0n) is 29.0. The number of benzene rings is 2. The highest BCUT2D eigenvalue weighted by Crippen LogP contribution is 2.27. The summed E-state index contributed by atoms with van der Waals surface area (Å²) in [5.74, 6) is 2.62. The first-order chi connectivity index (χ1) is 26.7. The zero-order chi connectivity index (χ0) is 36.4. The summed E-state index contributed by atoms with van der Waals surface area (Å²) < 4.78 is 15.2. The number of hydrazine groups is 1. The molecule has 8 aromatic rings. The molecule has 0 aliphatic rings. The summed E-state index contributed by atoms with van der Waals surface area (Å²) in [4.78, 5) is 18.2. The minimum absolute atomic E-state index is 0.440. The minimum atomic E-state index is 0.440. The average Bonchev–Trinajstić information content (AvgIpc) is 3.90. The Bertz CT molecular complexity index is 2230. The van der Waals surface area contributed by atoms with E-state index in [-0.39, 0.29) is 0 Å². The molecule has 6 aromatic heterocycles. The Morgan fingerprint density at radius 3 is 1.61 bits per heavy atom. The van der Waals surface area contributed by atoms with E-state index in [1.165, 1.54) is 0 Å². The van der Waals surface area contributed by atoms with Gasteiger partial charge in [-0.3, -0.25) is 20.8 Å². The topological polar surface area (TPSA) is 156 Å². The molecule has 0 saturated carbocycles. The van der Waals surface area contributed by atoms with Crippen LogP contribution in [0.15, 0.2) is 146 Å². The molecule has 2 N–H and O–H groups in total. The zero-order valence-corrected chi connectivity index (χ0v) is 29.0. The first kappa shape index (κ1) is 33.7. The van der Waals surface area contributed by atoms with Gasteiger partial charge in [0.2, 0.25) is 0 Å². The Morgan fingerprint density at radius 1 is 0.481 bits per heavy atom. The number of hydrogen-bond donors (Lipinski definition) is 2. The molecule has 0 bridgehead atoms. The van der Waals surface area contributed by atoms with Crippen LogP contribution in [0.5, 0.6) is 11.5 Å². The van der Waals surface area contributed by atoms with Gasteiger partial charge >= 0.3 is 0 Å². The molecular weight excluding hydrogens is 681 g/mol. The van der Waals surface area contributed by atoms with Crippen molar-refractivity contribution < 1.29 is 9.47 Å². The van der Waals surface area contributed by atoms with Crippen LogP contribution < -0.4 is 20.3 Å². The van der Waals surface area contributed by atoms with E-state index in [9.17, 15) is 0 Å². The second kappa shape index (κ2) is 16.2. The van der Waals surface area contributed by atoms with E-state index >= 15 is 0 Å². The molecule has 0 saturated heterocycles. The molecule has 0 spiro atoms. The van der Waals surface area contributed by atoms with E-state index in [1.54, 1.807) is 28.0 Å². The molecule has 14 nitrogen and oxygen atoms in total. The van der Waals surface area contributed by atoms with E-state index in [0.29, 0.717) is 55.1 Å². The standard InChI is InChI=1S/C40H34N12O2/c1-3-9-29(10-4-1)27-54-34-18-17-32(44-22-34)24-52-26-38(46-50-52)36-14-8-20-42-40(36)48-47-39-35(13-7-19-41-39)37-25-51(49-45-37)23-31-16-15-30(21-43-31)28-53-33-11-5-2-6-12-33/h1-22,25-26H,23-24,27-28H2,(H,41,47)(H,42,48). The summed E-state index contributed by atoms with van der Waals surface area (Å²) in [6, 6.07) is 35.1. The molecule has 0 atom stereocenters. The predicted molar refractivity (Wildman–Crippen MR) is 202 cm³/mol. The lowest BCUT2D eigenvalue weighted by atomic mass is 10.2. The van der Waals surface area contributed by atoms with Crippen LogP contribution in [0.2, 0.25) is 0 Å². The molecule has 8 rings (SSSR count). The fourth-order valence-electron chi connectivity index (χ4n) is 5.52. The van der Waals surface area contributed by atoms with Crippen LogP contribution in [0.4, 0.5) is 11.6 Å². The summed E-state index contributed by atoms with van der Waals surface area (Å²) >= 11 is 0. The van der Waals surface area contributed by atoms with Gasteiger partial charge in [0.05, 0.1) is 43.1 Å². The van der Waals surface area contributed by atoms with Gasteiger partial charge in [-0.2, -0.15) is 0 Å². The lowest BCUT2D eigenvalue weighted by Gasteiger charge is -2.13. The summed E-state index contributed by atoms with van der Waals surface area (Å²) in [5, 5.41) is 17.5. The van der Waals surface area contributed by atoms with E-state index < -0.39 is 0 Å². The van der Waals surface area contributed by atoms with Gasteiger partial charge in [0, 0.05) is 35.3 Å². The molecule has 0 amide bonds. The summed E-state index contributed by atoms with van der Waals surface area (Å²) in [6.07, 6.45) is 10.7. The average molecular weight is 715 g/mol. The van der Waals surface area contributed by atoms with Crippen molar-refractivity contribution >= 4 is 11.6 Å². The molecule has 0 fully saturated rings. The minimum Gasteiger partial charge on any atom is -0.489 e. The van der Waals surface area contributed by atoms with Crippen LogP contribution in [-0.4, -0.2) is 49.9 Å². The first-order valence-electron chi connectivity index (χ1n) is 17.2. The smallest absolute Gasteiger partial charge is 0.154 e. The van der Waals surface area contributed by atoms with Crippen LogP contribution in [-0.2, 0) is 26.3 Å². The fourth-order valence-corrected chi connectivity index (χ4v) is 5.52. The largest absolute Gasteiger partial charge is 0.489 e. The quantitative estimate of drug-likeness (QED) is 0.112. The lowest BCUT2D eigenvalue weighted by Crippen LogP contribution is -2.13. The second-order valence-corrected chi connectivity index (χ2v) is 12.2. The second-order valence-electron chi connectivity index (χ2n) is 12.2. The molecule has 14 heteroatoms. The van der Waals surface area contributed by atoms with Gasteiger partial charge in [0.15, 0.2) is 11.6 Å². The molecular formula is C40H34N12O2. The van der Waals surface area contributed by atoms with Crippen molar-refractivity contribution in [2.45, 2.75) is 26.3 Å². The molecule has 0 aliphatic carbocycles. The number of ether oxygens (including phenoxy) is 2. The van der Waals surface area contributed by atoms with Gasteiger partial charge in [-0.1, -0.05) is 65.0 Å². The van der Waals surface area contributed by atoms with Crippen LogP contribution in [0, 0.1) is 0 Å². The Balaban J connectivity index is 0.883. The predicted octanol–water partition coefficient (Wildman–Crippen LogP) is 6.48. The van der Waals surface area contributed by atoms with Crippen molar-refractivity contribution in [3.8, 4) is 34.0 Å². The van der Waals surface area contributed by atoms with Crippen molar-refractivity contribution in [1.29, 1.82) is 0 Å². The van der Waals surface area contributed by atoms with E-state index in [1.807, 2.05) is 128 Å². The Labute approximate surface area is 310 Å². The maximum Gasteiger partial charge on any atom is 0.154 e. The third-order valence-corrected chi connectivity index (χ3v) is 8.27. The van der Waals surface area contributed by atoms with Crippen molar-refractivity contribution in [3.05, 3.63) is 169 Å². The third-order valence-electron chi connectivity index (χ3n) is 8.27. The van der Waals surface area contributed by atoms with Gasteiger partial charge in [0.25, 0.3) is 0 Å². The summed E-state index contributed by atoms with van der Waals surface area (Å²) in [5.41, 5.74) is 12.9. The number of anilines is 2. The van der Waals surface area contributed by atoms with Crippen molar-refractivity contribution in [3.63, 3.8) is 0 Å². The maximum absolute atomic E-state index is 5.87. The number of nitrogens with one attached hydrogen (secondary N) is 2. The first-order valence-corrected chi connectivity index (χ1v) is 17.2. The molecule has 2 aromatic carbocycles. The molecule has 54 heavy (non-hydrogen) atoms. The Morgan fingerprint density at radius 2 is 1.04 bits per heavy atom. The van der Waals surface area contributed by atoms with Crippen LogP contribution >= 0.6 is 0 Å². The van der Waals surface area contributed by atoms with Gasteiger partial charge in [0.1, 0.15) is 36.1 Å². The van der Waals surface area contributed by atoms with Crippen LogP contribution in [0.3, 0.4) is 0 Å². The molecule has 0 aliphatic heterocycles. The van der Waals surface area contributed by atoms with Crippen LogP contribution in [0.25, 0.3) is 22.5 Å². The van der Waals surface area contributed by atoms with E-state index in [2.05, 4.69) is 51.4 Å². The summed E-state index contributed by atoms with van der Waals surface area (Å²) in [7, 11) is 0. The maximum atomic E-state index is 5.87. The molecule has 266 valence electrons. The number of para-hydroxylation sites is 1. The lowest BCUT2D eigenvalue weighted by molar-refractivity contribution is 0.304. The van der Waals surface area contributed by atoms with E-state index in [4.69, 9.17) is 9.47 Å². The van der Waals surface area contributed by atoms with Crippen molar-refractivity contribution in [2.24, 2.45) is 0 Å². The monoisotopic (exact) mass is 714 g/mol. The normalized spacial score (nSPS) is 10.9. The van der Waals surface area contributed by atoms with Crippen molar-refractivity contribution in [2.75, 3.05) is 10.9 Å². The highest BCUT2D eigenvalue weighted by atomic mass is 16.5. The molecule has 6 heterocycles. The van der Waals surface area contributed by atoms with Gasteiger partial charge in [-0.25, -0.2) is 19.3 Å². The number of hydrogen-bond acceptors (Lipinski definition) is 12. The summed E-state index contributed by atoms with van der Waals surface area (Å²) in [6.45, 7) is 1.82. The SMILES string of the molecule is c1ccc(COc2ccc(Cn3cc(-c4cccnc4NNc4ncccc4-c4cn(Cc5ccc(COc6ccccc6)cn5)nn4)nn3)nc2)cc1. The third kappa shape index (κ3) is 8.51. The number of pyridine rings is 4. The molecule has 0 unspecified atom stereocenters. The number of aromatic nitrogens is 10. The van der Waals surface area contributed by atoms with Gasteiger partial charge < -0.3 is 9.47 Å².